The molecule has 0 bridgehead atoms. The van der Waals surface area contributed by atoms with E-state index in [4.69, 9.17) is 23.8 Å². The van der Waals surface area contributed by atoms with Gasteiger partial charge >= 0.3 is 0 Å². The Bertz CT molecular complexity index is 488. The van der Waals surface area contributed by atoms with Gasteiger partial charge in [0.25, 0.3) is 0 Å². The third-order valence-electron chi connectivity index (χ3n) is 2.64. The van der Waals surface area contributed by atoms with Crippen LogP contribution in [0.25, 0.3) is 11.1 Å². The highest BCUT2D eigenvalue weighted by Crippen LogP contribution is 2.19. The smallest absolute Gasteiger partial charge is 0.0272 e. The number of hydrogen-bond acceptors (Lipinski definition) is 1. The van der Waals surface area contributed by atoms with E-state index >= 15 is 0 Å². The van der Waals surface area contributed by atoms with Gasteiger partial charge in [0.05, 0.1) is 0 Å². The monoisotopic (exact) mass is 260 g/mol. The number of halogens is 1. The van der Waals surface area contributed by atoms with Crippen molar-refractivity contribution in [2.24, 2.45) is 0 Å². The van der Waals surface area contributed by atoms with Gasteiger partial charge in [-0.25, -0.2) is 0 Å². The molecule has 0 saturated carbocycles. The van der Waals surface area contributed by atoms with Crippen LogP contribution in [0.15, 0.2) is 54.6 Å². The van der Waals surface area contributed by atoms with Crippen LogP contribution >= 0.6 is 23.8 Å². The molecule has 0 aliphatic carbocycles. The Balaban J connectivity index is 2.22. The van der Waals surface area contributed by atoms with Crippen molar-refractivity contribution in [2.45, 2.75) is 6.42 Å². The largest absolute Gasteiger partial charge is 0.126 e. The van der Waals surface area contributed by atoms with Crippen molar-refractivity contribution in [3.63, 3.8) is 0 Å². The first-order valence-corrected chi connectivity index (χ1v) is 6.50. The van der Waals surface area contributed by atoms with E-state index in [1.807, 2.05) is 18.2 Å². The van der Waals surface area contributed by atoms with E-state index in [1.165, 1.54) is 11.1 Å². The second kappa shape index (κ2) is 5.95. The van der Waals surface area contributed by atoms with E-state index in [0.29, 0.717) is 5.88 Å². The fraction of sp³-hybridized carbons (Fsp3) is 0.133. The van der Waals surface area contributed by atoms with Gasteiger partial charge in [-0.05, 0) is 23.1 Å². The lowest BCUT2D eigenvalue weighted by molar-refractivity contribution is 1.32. The summed E-state index contributed by atoms with van der Waals surface area (Å²) >= 11 is 11.0. The Morgan fingerprint density at radius 3 is 2.06 bits per heavy atom. The lowest BCUT2D eigenvalue weighted by atomic mass is 10.0. The van der Waals surface area contributed by atoms with E-state index in [1.54, 1.807) is 0 Å². The van der Waals surface area contributed by atoms with Crippen LogP contribution in [0.5, 0.6) is 0 Å². The zero-order chi connectivity index (χ0) is 12.1. The first-order chi connectivity index (χ1) is 8.31. The molecule has 2 aromatic rings. The number of alkyl halides is 1. The predicted molar refractivity (Wildman–Crippen MR) is 78.9 cm³/mol. The fourth-order valence-electron chi connectivity index (χ4n) is 1.71. The van der Waals surface area contributed by atoms with E-state index in [-0.39, 0.29) is 0 Å². The van der Waals surface area contributed by atoms with Gasteiger partial charge in [0, 0.05) is 10.7 Å². The minimum absolute atomic E-state index is 0.583. The number of rotatable bonds is 4. The summed E-state index contributed by atoms with van der Waals surface area (Å²) < 4.78 is 0. The third-order valence-corrected chi connectivity index (χ3v) is 3.26. The Kier molecular flexibility index (Phi) is 4.29. The van der Waals surface area contributed by atoms with E-state index in [2.05, 4.69) is 36.4 Å². The highest BCUT2D eigenvalue weighted by molar-refractivity contribution is 7.80. The van der Waals surface area contributed by atoms with Crippen molar-refractivity contribution in [2.75, 3.05) is 5.88 Å². The predicted octanol–water partition coefficient (Wildman–Crippen LogP) is 4.70. The van der Waals surface area contributed by atoms with Crippen LogP contribution in [0.4, 0.5) is 0 Å². The van der Waals surface area contributed by atoms with Gasteiger partial charge in [0.15, 0.2) is 0 Å². The summed E-state index contributed by atoms with van der Waals surface area (Å²) in [6, 6.07) is 18.7. The molecule has 0 aliphatic heterocycles. The zero-order valence-corrected chi connectivity index (χ0v) is 11.0. The van der Waals surface area contributed by atoms with Crippen LogP contribution in [0.1, 0.15) is 12.0 Å². The summed E-state index contributed by atoms with van der Waals surface area (Å²) in [4.78, 5) is 0.930. The summed E-state index contributed by atoms with van der Waals surface area (Å²) in [5.74, 6) is 0.583. The molecule has 0 fully saturated rings. The van der Waals surface area contributed by atoms with Crippen molar-refractivity contribution in [1.29, 1.82) is 0 Å². The standard InChI is InChI=1S/C15H13ClS/c16-11-10-15(17)14-8-6-13(7-9-14)12-4-2-1-3-5-12/h1-9H,10-11H2. The summed E-state index contributed by atoms with van der Waals surface area (Å²) in [7, 11) is 0. The van der Waals surface area contributed by atoms with Crippen LogP contribution < -0.4 is 0 Å². The maximum Gasteiger partial charge on any atom is 0.0272 e. The minimum Gasteiger partial charge on any atom is -0.126 e. The molecule has 0 spiro atoms. The number of thiocarbonyl (C=S) groups is 1. The van der Waals surface area contributed by atoms with Crippen LogP contribution in [0.2, 0.25) is 0 Å². The van der Waals surface area contributed by atoms with Gasteiger partial charge in [-0.3, -0.25) is 0 Å². The lowest BCUT2D eigenvalue weighted by Crippen LogP contribution is -1.97. The van der Waals surface area contributed by atoms with Crippen molar-refractivity contribution in [3.05, 3.63) is 60.2 Å². The molecule has 86 valence electrons. The third kappa shape index (κ3) is 3.15. The molecule has 2 rings (SSSR count). The van der Waals surface area contributed by atoms with Crippen LogP contribution in [0.3, 0.4) is 0 Å². The zero-order valence-electron chi connectivity index (χ0n) is 9.40. The normalized spacial score (nSPS) is 10.2. The van der Waals surface area contributed by atoms with E-state index in [0.717, 1.165) is 16.8 Å². The highest BCUT2D eigenvalue weighted by Gasteiger charge is 2.01. The molecule has 0 nitrogen and oxygen atoms in total. The van der Waals surface area contributed by atoms with Crippen LogP contribution in [-0.4, -0.2) is 10.7 Å². The molecule has 0 heterocycles. The second-order valence-electron chi connectivity index (χ2n) is 3.81. The quantitative estimate of drug-likeness (QED) is 0.436. The average Bonchev–Trinajstić information content (AvgIpc) is 2.40. The average molecular weight is 261 g/mol. The summed E-state index contributed by atoms with van der Waals surface area (Å²) in [5.41, 5.74) is 3.53. The topological polar surface area (TPSA) is 0 Å². The van der Waals surface area contributed by atoms with Gasteiger partial charge in [-0.1, -0.05) is 66.8 Å². The second-order valence-corrected chi connectivity index (χ2v) is 4.68. The molecule has 2 aromatic carbocycles. The molecule has 0 N–H and O–H groups in total. The summed E-state index contributed by atoms with van der Waals surface area (Å²) in [6.45, 7) is 0. The SMILES string of the molecule is S=C(CCCl)c1ccc(-c2ccccc2)cc1. The van der Waals surface area contributed by atoms with E-state index in [9.17, 15) is 0 Å². The highest BCUT2D eigenvalue weighted by atomic mass is 35.5. The molecule has 0 atom stereocenters. The molecule has 0 radical (unpaired) electrons. The molecule has 2 heteroatoms. The maximum atomic E-state index is 5.69. The van der Waals surface area contributed by atoms with Gasteiger partial charge in [0.1, 0.15) is 0 Å². The van der Waals surface area contributed by atoms with Gasteiger partial charge in [-0.15, -0.1) is 11.6 Å². The van der Waals surface area contributed by atoms with Crippen molar-refractivity contribution >= 4 is 28.7 Å². The maximum absolute atomic E-state index is 5.69. The molecular formula is C15H13ClS. The number of benzene rings is 2. The van der Waals surface area contributed by atoms with Gasteiger partial charge in [0.2, 0.25) is 0 Å². The van der Waals surface area contributed by atoms with E-state index < -0.39 is 0 Å². The summed E-state index contributed by atoms with van der Waals surface area (Å²) in [5, 5.41) is 0. The Morgan fingerprint density at radius 2 is 1.47 bits per heavy atom. The van der Waals surface area contributed by atoms with Crippen LogP contribution in [-0.2, 0) is 0 Å². The molecule has 17 heavy (non-hydrogen) atoms. The van der Waals surface area contributed by atoms with Crippen molar-refractivity contribution in [1.82, 2.24) is 0 Å². The van der Waals surface area contributed by atoms with Crippen LogP contribution in [0, 0.1) is 0 Å². The summed E-state index contributed by atoms with van der Waals surface area (Å²) in [6.07, 6.45) is 0.765. The number of hydrogen-bond donors (Lipinski definition) is 0. The molecule has 0 aliphatic rings. The lowest BCUT2D eigenvalue weighted by Gasteiger charge is -2.04. The first-order valence-electron chi connectivity index (χ1n) is 5.56. The molecule has 0 saturated heterocycles. The molecular weight excluding hydrogens is 248 g/mol. The van der Waals surface area contributed by atoms with Gasteiger partial charge < -0.3 is 0 Å². The first kappa shape index (κ1) is 12.3. The molecule has 0 amide bonds. The Labute approximate surface area is 112 Å². The van der Waals surface area contributed by atoms with Crippen molar-refractivity contribution < 1.29 is 0 Å². The Hall–Kier alpha value is -1.18. The van der Waals surface area contributed by atoms with Crippen molar-refractivity contribution in [3.8, 4) is 11.1 Å². The van der Waals surface area contributed by atoms with Gasteiger partial charge in [-0.2, -0.15) is 0 Å². The minimum atomic E-state index is 0.583. The molecule has 0 unspecified atom stereocenters. The molecule has 0 aromatic heterocycles. The Morgan fingerprint density at radius 1 is 0.882 bits per heavy atom. The fourth-order valence-corrected chi connectivity index (χ4v) is 2.25.